The fourth-order valence-corrected chi connectivity index (χ4v) is 1.79. The van der Waals surface area contributed by atoms with Crippen LogP contribution in [0.25, 0.3) is 0 Å². The minimum absolute atomic E-state index is 0. The molecule has 0 atom stereocenters. The van der Waals surface area contributed by atoms with E-state index in [1.165, 1.54) is 5.56 Å². The van der Waals surface area contributed by atoms with Gasteiger partial charge < -0.3 is 5.32 Å². The van der Waals surface area contributed by atoms with Gasteiger partial charge in [-0.3, -0.25) is 9.58 Å². The summed E-state index contributed by atoms with van der Waals surface area (Å²) in [5.74, 6) is 0. The molecule has 0 aromatic carbocycles. The molecule has 16 heavy (non-hydrogen) atoms. The van der Waals surface area contributed by atoms with E-state index < -0.39 is 0 Å². The SMILES string of the molecule is CCn1cc(CN2CCNCC2)cn1.Cl.Cl. The Bertz CT molecular complexity index is 284. The van der Waals surface area contributed by atoms with E-state index in [9.17, 15) is 0 Å². The van der Waals surface area contributed by atoms with Crippen molar-refractivity contribution in [3.8, 4) is 0 Å². The molecule has 94 valence electrons. The quantitative estimate of drug-likeness (QED) is 0.892. The molecule has 0 amide bonds. The zero-order chi connectivity index (χ0) is 9.80. The first-order valence-corrected chi connectivity index (χ1v) is 5.33. The maximum absolute atomic E-state index is 4.27. The third kappa shape index (κ3) is 4.29. The Morgan fingerprint density at radius 3 is 2.56 bits per heavy atom. The molecule has 1 fully saturated rings. The Hall–Kier alpha value is -0.290. The topological polar surface area (TPSA) is 33.1 Å². The Morgan fingerprint density at radius 1 is 1.31 bits per heavy atom. The maximum atomic E-state index is 4.27. The molecule has 6 heteroatoms. The van der Waals surface area contributed by atoms with Crippen LogP contribution >= 0.6 is 24.8 Å². The minimum Gasteiger partial charge on any atom is -0.314 e. The van der Waals surface area contributed by atoms with Crippen LogP contribution in [0.5, 0.6) is 0 Å². The van der Waals surface area contributed by atoms with Gasteiger partial charge in [0.15, 0.2) is 0 Å². The van der Waals surface area contributed by atoms with Crippen LogP contribution in [0.3, 0.4) is 0 Å². The largest absolute Gasteiger partial charge is 0.314 e. The molecule has 1 aromatic rings. The third-order valence-electron chi connectivity index (χ3n) is 2.63. The molecule has 0 unspecified atom stereocenters. The minimum atomic E-state index is 0. The zero-order valence-electron chi connectivity index (χ0n) is 9.56. The average molecular weight is 267 g/mol. The van der Waals surface area contributed by atoms with Gasteiger partial charge in [0.1, 0.15) is 0 Å². The van der Waals surface area contributed by atoms with Gasteiger partial charge in [-0.1, -0.05) is 0 Å². The molecule has 4 nitrogen and oxygen atoms in total. The molecule has 2 heterocycles. The van der Waals surface area contributed by atoms with Crippen LogP contribution in [-0.4, -0.2) is 40.9 Å². The van der Waals surface area contributed by atoms with Crippen molar-refractivity contribution in [1.29, 1.82) is 0 Å². The molecular formula is C10H20Cl2N4. The fourth-order valence-electron chi connectivity index (χ4n) is 1.79. The molecule has 0 radical (unpaired) electrons. The standard InChI is InChI=1S/C10H18N4.2ClH/c1-2-14-9-10(7-12-14)8-13-5-3-11-4-6-13;;/h7,9,11H,2-6,8H2,1H3;2*1H. The van der Waals surface area contributed by atoms with Crippen LogP contribution < -0.4 is 5.32 Å². The Balaban J connectivity index is 0.00000112. The van der Waals surface area contributed by atoms with E-state index in [1.54, 1.807) is 0 Å². The highest BCUT2D eigenvalue weighted by Crippen LogP contribution is 2.04. The van der Waals surface area contributed by atoms with Crippen molar-refractivity contribution in [3.63, 3.8) is 0 Å². The maximum Gasteiger partial charge on any atom is 0.0534 e. The van der Waals surface area contributed by atoms with Gasteiger partial charge in [0.25, 0.3) is 0 Å². The Labute approximate surface area is 109 Å². The van der Waals surface area contributed by atoms with Crippen LogP contribution in [0.1, 0.15) is 12.5 Å². The number of aromatic nitrogens is 2. The number of rotatable bonds is 3. The lowest BCUT2D eigenvalue weighted by atomic mass is 10.3. The molecule has 0 spiro atoms. The third-order valence-corrected chi connectivity index (χ3v) is 2.63. The van der Waals surface area contributed by atoms with Crippen LogP contribution in [-0.2, 0) is 13.1 Å². The van der Waals surface area contributed by atoms with Crippen LogP contribution in [0.15, 0.2) is 12.4 Å². The molecule has 1 saturated heterocycles. The van der Waals surface area contributed by atoms with Crippen molar-refractivity contribution in [2.75, 3.05) is 26.2 Å². The molecule has 1 aliphatic rings. The van der Waals surface area contributed by atoms with Crippen LogP contribution in [0.4, 0.5) is 0 Å². The van der Waals surface area contributed by atoms with E-state index in [0.29, 0.717) is 0 Å². The van der Waals surface area contributed by atoms with Crippen molar-refractivity contribution in [1.82, 2.24) is 20.0 Å². The Morgan fingerprint density at radius 2 is 2.00 bits per heavy atom. The molecule has 0 saturated carbocycles. The molecule has 1 aliphatic heterocycles. The van der Waals surface area contributed by atoms with Crippen LogP contribution in [0, 0.1) is 0 Å². The molecule has 0 aliphatic carbocycles. The summed E-state index contributed by atoms with van der Waals surface area (Å²) >= 11 is 0. The highest BCUT2D eigenvalue weighted by molar-refractivity contribution is 5.85. The van der Waals surface area contributed by atoms with Crippen molar-refractivity contribution < 1.29 is 0 Å². The highest BCUT2D eigenvalue weighted by atomic mass is 35.5. The number of halogens is 2. The number of hydrogen-bond acceptors (Lipinski definition) is 3. The van der Waals surface area contributed by atoms with E-state index >= 15 is 0 Å². The lowest BCUT2D eigenvalue weighted by Crippen LogP contribution is -2.42. The summed E-state index contributed by atoms with van der Waals surface area (Å²) in [6.45, 7) is 8.64. The normalized spacial score (nSPS) is 16.3. The molecule has 1 N–H and O–H groups in total. The number of nitrogens with zero attached hydrogens (tertiary/aromatic N) is 3. The second kappa shape index (κ2) is 7.90. The number of hydrogen-bond donors (Lipinski definition) is 1. The molecule has 0 bridgehead atoms. The second-order valence-electron chi connectivity index (χ2n) is 3.73. The predicted molar refractivity (Wildman–Crippen MR) is 70.5 cm³/mol. The van der Waals surface area contributed by atoms with Gasteiger partial charge in [-0.15, -0.1) is 24.8 Å². The zero-order valence-corrected chi connectivity index (χ0v) is 11.2. The van der Waals surface area contributed by atoms with Gasteiger partial charge >= 0.3 is 0 Å². The van der Waals surface area contributed by atoms with Crippen molar-refractivity contribution in [2.45, 2.75) is 20.0 Å². The summed E-state index contributed by atoms with van der Waals surface area (Å²) in [5, 5.41) is 7.63. The number of nitrogens with one attached hydrogen (secondary N) is 1. The Kier molecular flexibility index (Phi) is 7.76. The van der Waals surface area contributed by atoms with Gasteiger partial charge in [-0.05, 0) is 6.92 Å². The van der Waals surface area contributed by atoms with Gasteiger partial charge in [0.2, 0.25) is 0 Å². The first-order chi connectivity index (χ1) is 6.88. The second-order valence-corrected chi connectivity index (χ2v) is 3.73. The van der Waals surface area contributed by atoms with E-state index in [4.69, 9.17) is 0 Å². The first-order valence-electron chi connectivity index (χ1n) is 5.33. The van der Waals surface area contributed by atoms with Gasteiger partial charge in [0, 0.05) is 51.0 Å². The van der Waals surface area contributed by atoms with E-state index in [-0.39, 0.29) is 24.8 Å². The van der Waals surface area contributed by atoms with Gasteiger partial charge in [-0.25, -0.2) is 0 Å². The van der Waals surface area contributed by atoms with E-state index in [1.807, 2.05) is 10.9 Å². The summed E-state index contributed by atoms with van der Waals surface area (Å²) < 4.78 is 1.98. The summed E-state index contributed by atoms with van der Waals surface area (Å²) in [6, 6.07) is 0. The highest BCUT2D eigenvalue weighted by Gasteiger charge is 2.10. The van der Waals surface area contributed by atoms with E-state index in [0.717, 1.165) is 39.3 Å². The lowest BCUT2D eigenvalue weighted by Gasteiger charge is -2.26. The number of piperazine rings is 1. The van der Waals surface area contributed by atoms with Crippen molar-refractivity contribution in [2.24, 2.45) is 0 Å². The smallest absolute Gasteiger partial charge is 0.0534 e. The van der Waals surface area contributed by atoms with Gasteiger partial charge in [-0.2, -0.15) is 5.10 Å². The van der Waals surface area contributed by atoms with E-state index in [2.05, 4.69) is 28.4 Å². The van der Waals surface area contributed by atoms with Crippen molar-refractivity contribution in [3.05, 3.63) is 18.0 Å². The lowest BCUT2D eigenvalue weighted by molar-refractivity contribution is 0.233. The monoisotopic (exact) mass is 266 g/mol. The fraction of sp³-hybridized carbons (Fsp3) is 0.700. The molecule has 1 aromatic heterocycles. The summed E-state index contributed by atoms with van der Waals surface area (Å²) in [5.41, 5.74) is 1.33. The summed E-state index contributed by atoms with van der Waals surface area (Å²) in [4.78, 5) is 2.47. The predicted octanol–water partition coefficient (Wildman–Crippen LogP) is 1.15. The van der Waals surface area contributed by atoms with Crippen molar-refractivity contribution >= 4 is 24.8 Å². The summed E-state index contributed by atoms with van der Waals surface area (Å²) in [7, 11) is 0. The number of aryl methyl sites for hydroxylation is 1. The average Bonchev–Trinajstić information content (AvgIpc) is 2.67. The first kappa shape index (κ1) is 15.7. The molecule has 2 rings (SSSR count). The summed E-state index contributed by atoms with van der Waals surface area (Å²) in [6.07, 6.45) is 4.12. The van der Waals surface area contributed by atoms with Crippen LogP contribution in [0.2, 0.25) is 0 Å². The molecular weight excluding hydrogens is 247 g/mol. The van der Waals surface area contributed by atoms with Gasteiger partial charge in [0.05, 0.1) is 6.20 Å².